The van der Waals surface area contributed by atoms with Gasteiger partial charge in [-0.25, -0.2) is 4.99 Å². The van der Waals surface area contributed by atoms with E-state index in [-0.39, 0.29) is 22.9 Å². The van der Waals surface area contributed by atoms with E-state index in [0.717, 1.165) is 0 Å². The van der Waals surface area contributed by atoms with Crippen LogP contribution in [0.4, 0.5) is 17.3 Å². The number of aliphatic imine (C=N–C) groups is 1. The number of phenols is 1. The first-order valence-corrected chi connectivity index (χ1v) is 7.02. The van der Waals surface area contributed by atoms with E-state index in [1.165, 1.54) is 6.21 Å². The average Bonchev–Trinajstić information content (AvgIpc) is 2.97. The molecule has 0 aliphatic heterocycles. The molecular formula is C16H14N6O2. The number of anilines is 2. The van der Waals surface area contributed by atoms with Crippen LogP contribution in [0.15, 0.2) is 53.8 Å². The van der Waals surface area contributed by atoms with Crippen molar-refractivity contribution < 1.29 is 9.90 Å². The maximum atomic E-state index is 11.8. The van der Waals surface area contributed by atoms with Crippen LogP contribution in [0.1, 0.15) is 15.9 Å². The summed E-state index contributed by atoms with van der Waals surface area (Å²) in [6.45, 7) is 0. The minimum absolute atomic E-state index is 0.123. The van der Waals surface area contributed by atoms with Crippen molar-refractivity contribution in [1.29, 1.82) is 0 Å². The molecule has 1 amide bonds. The molecule has 2 aromatic heterocycles. The van der Waals surface area contributed by atoms with Crippen LogP contribution in [0.2, 0.25) is 0 Å². The molecule has 0 saturated heterocycles. The lowest BCUT2D eigenvalue weighted by Gasteiger charge is -2.03. The van der Waals surface area contributed by atoms with Gasteiger partial charge in [0.15, 0.2) is 11.6 Å². The quantitative estimate of drug-likeness (QED) is 0.535. The zero-order valence-electron chi connectivity index (χ0n) is 12.5. The van der Waals surface area contributed by atoms with E-state index in [2.05, 4.69) is 25.5 Å². The number of hydrogen-bond acceptors (Lipinski definition) is 6. The third kappa shape index (κ3) is 3.38. The van der Waals surface area contributed by atoms with Crippen LogP contribution in [-0.2, 0) is 0 Å². The Bertz CT molecular complexity index is 889. The van der Waals surface area contributed by atoms with Crippen molar-refractivity contribution in [2.24, 2.45) is 10.7 Å². The molecule has 0 unspecified atom stereocenters. The van der Waals surface area contributed by atoms with Gasteiger partial charge in [-0.05, 0) is 29.8 Å². The first kappa shape index (κ1) is 15.2. The number of rotatable bonds is 5. The molecule has 2 heterocycles. The monoisotopic (exact) mass is 322 g/mol. The molecule has 0 radical (unpaired) electrons. The Balaban J connectivity index is 1.90. The van der Waals surface area contributed by atoms with Crippen molar-refractivity contribution in [3.8, 4) is 5.75 Å². The topological polar surface area (TPSA) is 129 Å². The summed E-state index contributed by atoms with van der Waals surface area (Å²) in [7, 11) is 0. The predicted molar refractivity (Wildman–Crippen MR) is 90.0 cm³/mol. The summed E-state index contributed by atoms with van der Waals surface area (Å²) in [5, 5.41) is 19.1. The molecule has 0 saturated carbocycles. The molecule has 8 nitrogen and oxygen atoms in total. The second-order valence-corrected chi connectivity index (χ2v) is 4.88. The van der Waals surface area contributed by atoms with Crippen molar-refractivity contribution in [3.63, 3.8) is 0 Å². The Morgan fingerprint density at radius 1 is 1.33 bits per heavy atom. The lowest BCUT2D eigenvalue weighted by atomic mass is 10.2. The van der Waals surface area contributed by atoms with Gasteiger partial charge in [0, 0.05) is 12.4 Å². The van der Waals surface area contributed by atoms with E-state index in [1.807, 2.05) is 0 Å². The van der Waals surface area contributed by atoms with E-state index in [9.17, 15) is 9.90 Å². The molecule has 0 aliphatic rings. The van der Waals surface area contributed by atoms with Crippen molar-refractivity contribution >= 4 is 29.4 Å². The summed E-state index contributed by atoms with van der Waals surface area (Å²) in [5.41, 5.74) is 6.90. The molecule has 8 heteroatoms. The van der Waals surface area contributed by atoms with Gasteiger partial charge < -0.3 is 16.2 Å². The van der Waals surface area contributed by atoms with E-state index in [4.69, 9.17) is 5.73 Å². The van der Waals surface area contributed by atoms with Crippen LogP contribution in [-0.4, -0.2) is 32.4 Å². The van der Waals surface area contributed by atoms with Gasteiger partial charge in [0.2, 0.25) is 0 Å². The summed E-state index contributed by atoms with van der Waals surface area (Å²) in [5.74, 6) is -0.0633. The van der Waals surface area contributed by atoms with Crippen molar-refractivity contribution in [2.45, 2.75) is 0 Å². The second kappa shape index (κ2) is 6.61. The number of pyridine rings is 1. The molecule has 0 bridgehead atoms. The Kier molecular flexibility index (Phi) is 4.19. The number of aromatic amines is 1. The van der Waals surface area contributed by atoms with E-state index in [0.29, 0.717) is 11.3 Å². The third-order valence-electron chi connectivity index (χ3n) is 3.13. The van der Waals surface area contributed by atoms with Crippen LogP contribution in [0.3, 0.4) is 0 Å². The van der Waals surface area contributed by atoms with Crippen LogP contribution in [0.25, 0.3) is 0 Å². The zero-order chi connectivity index (χ0) is 16.9. The number of nitrogens with one attached hydrogen (secondary N) is 2. The molecule has 0 fully saturated rings. The van der Waals surface area contributed by atoms with Gasteiger partial charge in [-0.2, -0.15) is 5.10 Å². The Morgan fingerprint density at radius 3 is 2.92 bits per heavy atom. The van der Waals surface area contributed by atoms with Crippen molar-refractivity contribution in [1.82, 2.24) is 15.2 Å². The maximum absolute atomic E-state index is 11.8. The number of primary amides is 1. The molecule has 0 spiro atoms. The highest BCUT2D eigenvalue weighted by Crippen LogP contribution is 2.26. The fourth-order valence-corrected chi connectivity index (χ4v) is 2.07. The van der Waals surface area contributed by atoms with Gasteiger partial charge in [0.25, 0.3) is 5.91 Å². The highest BCUT2D eigenvalue weighted by Gasteiger charge is 2.18. The SMILES string of the molecule is NC(=O)c1c(Nc2cccnc2)n[nH]c1/N=C/c1cccc(O)c1. The van der Waals surface area contributed by atoms with Gasteiger partial charge >= 0.3 is 0 Å². The number of nitrogens with two attached hydrogens (primary N) is 1. The van der Waals surface area contributed by atoms with E-state index >= 15 is 0 Å². The van der Waals surface area contributed by atoms with E-state index in [1.54, 1.807) is 48.8 Å². The fourth-order valence-electron chi connectivity index (χ4n) is 2.07. The third-order valence-corrected chi connectivity index (χ3v) is 3.13. The number of aromatic hydroxyl groups is 1. The van der Waals surface area contributed by atoms with E-state index < -0.39 is 5.91 Å². The van der Waals surface area contributed by atoms with Crippen LogP contribution in [0, 0.1) is 0 Å². The lowest BCUT2D eigenvalue weighted by molar-refractivity contribution is 0.100. The summed E-state index contributed by atoms with van der Waals surface area (Å²) in [6, 6.07) is 10.1. The lowest BCUT2D eigenvalue weighted by Crippen LogP contribution is -2.12. The summed E-state index contributed by atoms with van der Waals surface area (Å²) in [4.78, 5) is 19.9. The largest absolute Gasteiger partial charge is 0.508 e. The number of carbonyl (C=O) groups is 1. The Labute approximate surface area is 137 Å². The molecular weight excluding hydrogens is 308 g/mol. The number of nitrogens with zero attached hydrogens (tertiary/aromatic N) is 3. The first-order chi connectivity index (χ1) is 11.6. The molecule has 3 aromatic rings. The van der Waals surface area contributed by atoms with Gasteiger partial charge in [0.05, 0.1) is 11.9 Å². The molecule has 0 aliphatic carbocycles. The van der Waals surface area contributed by atoms with Gasteiger partial charge in [-0.15, -0.1) is 0 Å². The summed E-state index contributed by atoms with van der Waals surface area (Å²) >= 11 is 0. The molecule has 3 rings (SSSR count). The molecule has 0 atom stereocenters. The van der Waals surface area contributed by atoms with Gasteiger partial charge in [-0.3, -0.25) is 14.9 Å². The summed E-state index contributed by atoms with van der Waals surface area (Å²) in [6.07, 6.45) is 4.72. The number of carbonyl (C=O) groups excluding carboxylic acids is 1. The number of hydrogen-bond donors (Lipinski definition) is 4. The highest BCUT2D eigenvalue weighted by atomic mass is 16.3. The first-order valence-electron chi connectivity index (χ1n) is 7.02. The van der Waals surface area contributed by atoms with Crippen LogP contribution in [0.5, 0.6) is 5.75 Å². The zero-order valence-corrected chi connectivity index (χ0v) is 12.5. The molecule has 1 aromatic carbocycles. The number of aromatic nitrogens is 3. The van der Waals surface area contributed by atoms with Crippen LogP contribution >= 0.6 is 0 Å². The smallest absolute Gasteiger partial charge is 0.256 e. The number of amides is 1. The Morgan fingerprint density at radius 2 is 2.21 bits per heavy atom. The van der Waals surface area contributed by atoms with Crippen molar-refractivity contribution in [3.05, 3.63) is 59.9 Å². The molecule has 120 valence electrons. The van der Waals surface area contributed by atoms with Crippen LogP contribution < -0.4 is 11.1 Å². The molecule has 5 N–H and O–H groups in total. The minimum Gasteiger partial charge on any atom is -0.508 e. The number of phenolic OH excluding ortho intramolecular Hbond substituents is 1. The number of H-pyrrole nitrogens is 1. The van der Waals surface area contributed by atoms with Gasteiger partial charge in [0.1, 0.15) is 11.3 Å². The normalized spacial score (nSPS) is 10.8. The maximum Gasteiger partial charge on any atom is 0.256 e. The fraction of sp³-hybridized carbons (Fsp3) is 0. The molecule has 24 heavy (non-hydrogen) atoms. The standard InChI is InChI=1S/C16H14N6O2/c17-14(24)13-15(19-8-10-3-1-5-12(23)7-10)21-22-16(13)20-11-4-2-6-18-9-11/h1-9,23H,(H2,17,24)(H2,20,21,22)/b19-8+. The van der Waals surface area contributed by atoms with Crippen molar-refractivity contribution in [2.75, 3.05) is 5.32 Å². The Hall–Kier alpha value is -3.68. The van der Waals surface area contributed by atoms with Gasteiger partial charge in [-0.1, -0.05) is 12.1 Å². The highest BCUT2D eigenvalue weighted by molar-refractivity contribution is 6.03. The minimum atomic E-state index is -0.668. The number of benzene rings is 1. The average molecular weight is 322 g/mol. The second-order valence-electron chi connectivity index (χ2n) is 4.88. The summed E-state index contributed by atoms with van der Waals surface area (Å²) < 4.78 is 0. The predicted octanol–water partition coefficient (Wildman–Crippen LogP) is 2.10.